The van der Waals surface area contributed by atoms with Gasteiger partial charge < -0.3 is 30.6 Å². The Morgan fingerprint density at radius 1 is 1.32 bits per heavy atom. The van der Waals surface area contributed by atoms with E-state index < -0.39 is 24.4 Å². The van der Waals surface area contributed by atoms with E-state index in [-0.39, 0.29) is 24.9 Å². The predicted molar refractivity (Wildman–Crippen MR) is 110 cm³/mol. The summed E-state index contributed by atoms with van der Waals surface area (Å²) in [5.41, 5.74) is 7.79. The van der Waals surface area contributed by atoms with Crippen LogP contribution in [0.15, 0.2) is 18.9 Å². The number of carbonyl (C=O) groups is 1. The van der Waals surface area contributed by atoms with Gasteiger partial charge in [-0.05, 0) is 13.3 Å². The van der Waals surface area contributed by atoms with E-state index in [1.54, 1.807) is 22.4 Å². The van der Waals surface area contributed by atoms with Crippen LogP contribution >= 0.6 is 0 Å². The number of hydrogen-bond acceptors (Lipinski definition) is 9. The summed E-state index contributed by atoms with van der Waals surface area (Å²) in [4.78, 5) is 24.9. The number of imidazole rings is 1. The van der Waals surface area contributed by atoms with E-state index in [1.165, 1.54) is 12.7 Å². The Labute approximate surface area is 178 Å². The van der Waals surface area contributed by atoms with Crippen molar-refractivity contribution in [3.8, 4) is 0 Å². The first kappa shape index (κ1) is 21.2. The number of amides is 1. The summed E-state index contributed by atoms with van der Waals surface area (Å²) in [5.74, 6) is -0.111. The molecule has 0 bridgehead atoms. The fraction of sp³-hybridized carbons (Fsp3) is 0.526. The van der Waals surface area contributed by atoms with Crippen molar-refractivity contribution in [2.24, 2.45) is 0 Å². The first-order chi connectivity index (χ1) is 14.9. The number of nitrogens with zero attached hydrogens (tertiary/aromatic N) is 6. The van der Waals surface area contributed by atoms with Gasteiger partial charge in [0.1, 0.15) is 30.2 Å². The Kier molecular flexibility index (Phi) is 5.85. The molecule has 12 heteroatoms. The molecule has 5 N–H and O–H groups in total. The molecule has 4 heterocycles. The van der Waals surface area contributed by atoms with Crippen LogP contribution in [0.5, 0.6) is 0 Å². The maximum Gasteiger partial charge on any atom is 0.255 e. The third kappa shape index (κ3) is 4.09. The molecule has 1 saturated heterocycles. The van der Waals surface area contributed by atoms with Gasteiger partial charge in [-0.15, -0.1) is 0 Å². The molecule has 31 heavy (non-hydrogen) atoms. The first-order valence-electron chi connectivity index (χ1n) is 10.1. The smallest absolute Gasteiger partial charge is 0.255 e. The zero-order valence-electron chi connectivity index (χ0n) is 17.3. The Hall–Kier alpha value is -3.09. The largest absolute Gasteiger partial charge is 0.388 e. The Morgan fingerprint density at radius 3 is 2.90 bits per heavy atom. The highest BCUT2D eigenvalue weighted by molar-refractivity contribution is 5.95. The molecule has 1 amide bonds. The number of carbonyl (C=O) groups excluding carboxylic acids is 1. The summed E-state index contributed by atoms with van der Waals surface area (Å²) in [6.45, 7) is 4.74. The van der Waals surface area contributed by atoms with Crippen molar-refractivity contribution < 1.29 is 19.7 Å². The van der Waals surface area contributed by atoms with E-state index in [9.17, 15) is 15.0 Å². The zero-order chi connectivity index (χ0) is 22.1. The molecular weight excluding hydrogens is 404 g/mol. The van der Waals surface area contributed by atoms with Gasteiger partial charge in [0, 0.05) is 12.7 Å². The van der Waals surface area contributed by atoms with Gasteiger partial charge in [-0.1, -0.05) is 6.92 Å². The molecule has 4 atom stereocenters. The molecule has 1 aliphatic rings. The monoisotopic (exact) mass is 430 g/mol. The number of fused-ring (bicyclic) bond motifs is 1. The fourth-order valence-electron chi connectivity index (χ4n) is 3.73. The minimum Gasteiger partial charge on any atom is -0.388 e. The average Bonchev–Trinajstić information content (AvgIpc) is 3.32. The summed E-state index contributed by atoms with van der Waals surface area (Å²) in [7, 11) is 0. The standard InChI is InChI=1S/C19H26N8O4/c1-3-4-27-5-11(10(2)25-27)19(30)24-12-7-31-13(16(29)15(12)28)6-26-9-23-14-17(20)21-8-22-18(14)26/h5,8-9,12-13,15-16,28-29H,3-4,6-7H2,1-2H3,(H,24,30)(H2,20,21,22)/t12-,13-,15+,16-/m1/s1. The number of ether oxygens (including phenoxy) is 1. The summed E-state index contributed by atoms with van der Waals surface area (Å²) < 4.78 is 9.16. The maximum atomic E-state index is 12.7. The number of aliphatic hydroxyl groups is 2. The van der Waals surface area contributed by atoms with Gasteiger partial charge in [0.2, 0.25) is 0 Å². The highest BCUT2D eigenvalue weighted by Crippen LogP contribution is 2.21. The van der Waals surface area contributed by atoms with Crippen molar-refractivity contribution in [2.45, 2.75) is 57.7 Å². The molecule has 0 unspecified atom stereocenters. The quantitative estimate of drug-likeness (QED) is 0.393. The van der Waals surface area contributed by atoms with Crippen LogP contribution in [-0.4, -0.2) is 76.4 Å². The SMILES string of the molecule is CCCn1cc(C(=O)N[C@@H]2CO[C@H](Cn3cnc4c(N)ncnc43)[C@@H](O)[C@H]2O)c(C)n1. The second kappa shape index (κ2) is 8.57. The van der Waals surface area contributed by atoms with Crippen LogP contribution < -0.4 is 11.1 Å². The lowest BCUT2D eigenvalue weighted by Crippen LogP contribution is -2.60. The lowest BCUT2D eigenvalue weighted by molar-refractivity contribution is -0.152. The minimum atomic E-state index is -1.22. The lowest BCUT2D eigenvalue weighted by atomic mass is 9.97. The number of aryl methyl sites for hydroxylation is 2. The minimum absolute atomic E-state index is 0.0422. The summed E-state index contributed by atoms with van der Waals surface area (Å²) in [6, 6.07) is -0.759. The maximum absolute atomic E-state index is 12.7. The Bertz CT molecular complexity index is 1080. The van der Waals surface area contributed by atoms with E-state index in [4.69, 9.17) is 10.5 Å². The molecule has 0 saturated carbocycles. The predicted octanol–water partition coefficient (Wildman–Crippen LogP) is -0.757. The fourth-order valence-corrected chi connectivity index (χ4v) is 3.73. The molecule has 0 radical (unpaired) electrons. The van der Waals surface area contributed by atoms with Gasteiger partial charge in [-0.2, -0.15) is 5.10 Å². The molecular formula is C19H26N8O4. The van der Waals surface area contributed by atoms with Gasteiger partial charge >= 0.3 is 0 Å². The molecule has 12 nitrogen and oxygen atoms in total. The number of aliphatic hydroxyl groups excluding tert-OH is 2. The van der Waals surface area contributed by atoms with Crippen molar-refractivity contribution in [1.82, 2.24) is 34.6 Å². The van der Waals surface area contributed by atoms with Gasteiger partial charge in [-0.25, -0.2) is 15.0 Å². The summed E-state index contributed by atoms with van der Waals surface area (Å²) in [5, 5.41) is 28.3. The van der Waals surface area contributed by atoms with E-state index in [0.717, 1.165) is 6.42 Å². The van der Waals surface area contributed by atoms with Crippen molar-refractivity contribution in [1.29, 1.82) is 0 Å². The molecule has 1 fully saturated rings. The van der Waals surface area contributed by atoms with Gasteiger partial charge in [0.15, 0.2) is 11.5 Å². The van der Waals surface area contributed by atoms with E-state index in [0.29, 0.717) is 29.0 Å². The number of rotatable bonds is 6. The Balaban J connectivity index is 1.42. The van der Waals surface area contributed by atoms with Gasteiger partial charge in [0.25, 0.3) is 5.91 Å². The number of aromatic nitrogens is 6. The van der Waals surface area contributed by atoms with Crippen molar-refractivity contribution in [3.63, 3.8) is 0 Å². The zero-order valence-corrected chi connectivity index (χ0v) is 17.3. The molecule has 1 aliphatic heterocycles. The Morgan fingerprint density at radius 2 is 2.13 bits per heavy atom. The molecule has 0 aromatic carbocycles. The van der Waals surface area contributed by atoms with Gasteiger partial charge in [-0.3, -0.25) is 9.48 Å². The molecule has 3 aromatic rings. The number of nitrogen functional groups attached to an aromatic ring is 1. The number of anilines is 1. The van der Waals surface area contributed by atoms with Crippen LogP contribution in [0.25, 0.3) is 11.2 Å². The topological polar surface area (TPSA) is 166 Å². The van der Waals surface area contributed by atoms with Crippen LogP contribution in [-0.2, 0) is 17.8 Å². The number of nitrogens with one attached hydrogen (secondary N) is 1. The second-order valence-corrected chi connectivity index (χ2v) is 7.65. The first-order valence-corrected chi connectivity index (χ1v) is 10.1. The molecule has 0 aliphatic carbocycles. The van der Waals surface area contributed by atoms with E-state index in [1.807, 2.05) is 6.92 Å². The number of hydrogen-bond donors (Lipinski definition) is 4. The van der Waals surface area contributed by atoms with Crippen LogP contribution in [0, 0.1) is 6.92 Å². The van der Waals surface area contributed by atoms with Crippen molar-refractivity contribution in [3.05, 3.63) is 30.1 Å². The molecule has 3 aromatic heterocycles. The van der Waals surface area contributed by atoms with Crippen LogP contribution in [0.2, 0.25) is 0 Å². The molecule has 0 spiro atoms. The molecule has 4 rings (SSSR count). The normalized spacial score (nSPS) is 23.9. The van der Waals surface area contributed by atoms with E-state index >= 15 is 0 Å². The highest BCUT2D eigenvalue weighted by Gasteiger charge is 2.39. The van der Waals surface area contributed by atoms with Crippen molar-refractivity contribution in [2.75, 3.05) is 12.3 Å². The lowest BCUT2D eigenvalue weighted by Gasteiger charge is -2.38. The molecule has 166 valence electrons. The average molecular weight is 430 g/mol. The summed E-state index contributed by atoms with van der Waals surface area (Å²) >= 11 is 0. The third-order valence-electron chi connectivity index (χ3n) is 5.40. The van der Waals surface area contributed by atoms with E-state index in [2.05, 4.69) is 25.4 Å². The second-order valence-electron chi connectivity index (χ2n) is 7.65. The highest BCUT2D eigenvalue weighted by atomic mass is 16.5. The van der Waals surface area contributed by atoms with Crippen LogP contribution in [0.3, 0.4) is 0 Å². The number of nitrogens with two attached hydrogens (primary N) is 1. The van der Waals surface area contributed by atoms with Crippen LogP contribution in [0.1, 0.15) is 29.4 Å². The van der Waals surface area contributed by atoms with Crippen molar-refractivity contribution >= 4 is 22.9 Å². The third-order valence-corrected chi connectivity index (χ3v) is 5.40. The van der Waals surface area contributed by atoms with Gasteiger partial charge in [0.05, 0.1) is 36.8 Å². The summed E-state index contributed by atoms with van der Waals surface area (Å²) in [6.07, 6.45) is 2.30. The van der Waals surface area contributed by atoms with Crippen LogP contribution in [0.4, 0.5) is 5.82 Å².